The number of cyclic esters (lactones) is 1. The van der Waals surface area contributed by atoms with E-state index in [-0.39, 0.29) is 18.4 Å². The number of rotatable bonds is 10. The molecule has 7 heteroatoms. The average Bonchev–Trinajstić information content (AvgIpc) is 3.02. The third kappa shape index (κ3) is 6.19. The lowest BCUT2D eigenvalue weighted by molar-refractivity contribution is -0.162. The first-order valence-corrected chi connectivity index (χ1v) is 11.1. The Morgan fingerprint density at radius 1 is 1.19 bits per heavy atom. The second-order valence-corrected chi connectivity index (χ2v) is 9.41. The van der Waals surface area contributed by atoms with Crippen molar-refractivity contribution in [3.05, 3.63) is 48.6 Å². The van der Waals surface area contributed by atoms with Crippen molar-refractivity contribution in [1.29, 1.82) is 0 Å². The number of hydrogen-bond acceptors (Lipinski definition) is 5. The molecular formula is C25H36N2O5. The molecule has 4 atom stereocenters. The molecule has 32 heavy (non-hydrogen) atoms. The van der Waals surface area contributed by atoms with Crippen LogP contribution in [0.25, 0.3) is 0 Å². The number of hydrogen-bond donors (Lipinski definition) is 2. The van der Waals surface area contributed by atoms with Crippen LogP contribution in [0.15, 0.2) is 43.0 Å². The SMILES string of the molecule is C=CC[C@@H](C(=O)N[C@H](C(=O)N[C@H](C)c1ccccc1)C(C)(C)CC)[C@@H]1OC(C)(C)OC1=O. The molecule has 0 aliphatic carbocycles. The fourth-order valence-electron chi connectivity index (χ4n) is 3.66. The number of carbonyl (C=O) groups is 3. The summed E-state index contributed by atoms with van der Waals surface area (Å²) < 4.78 is 10.9. The Morgan fingerprint density at radius 2 is 1.81 bits per heavy atom. The maximum absolute atomic E-state index is 13.3. The third-order valence-corrected chi connectivity index (χ3v) is 6.01. The standard InChI is InChI=1S/C25H36N2O5/c1-8-13-18(19-23(30)32-25(6,7)31-19)21(28)27-20(24(4,5)9-2)22(29)26-16(3)17-14-11-10-12-15-17/h8,10-12,14-16,18-20H,1,9,13H2,2-7H3,(H,26,29)(H,27,28)/t16-,18-,19+,20-/m1/s1. The zero-order valence-corrected chi connectivity index (χ0v) is 19.9. The highest BCUT2D eigenvalue weighted by Gasteiger charge is 2.48. The molecule has 0 bridgehead atoms. The smallest absolute Gasteiger partial charge is 0.338 e. The van der Waals surface area contributed by atoms with Gasteiger partial charge in [-0.3, -0.25) is 9.59 Å². The Kier molecular flexibility index (Phi) is 8.24. The minimum absolute atomic E-state index is 0.211. The van der Waals surface area contributed by atoms with Crippen LogP contribution in [-0.2, 0) is 23.9 Å². The van der Waals surface area contributed by atoms with Crippen LogP contribution in [0, 0.1) is 11.3 Å². The molecule has 1 aliphatic heterocycles. The molecule has 0 aromatic heterocycles. The number of carbonyl (C=O) groups excluding carboxylic acids is 3. The van der Waals surface area contributed by atoms with Crippen LogP contribution in [0.1, 0.15) is 66.0 Å². The molecule has 2 amide bonds. The zero-order valence-electron chi connectivity index (χ0n) is 19.9. The number of esters is 1. The van der Waals surface area contributed by atoms with Crippen LogP contribution in [0.4, 0.5) is 0 Å². The molecule has 1 aromatic rings. The second-order valence-electron chi connectivity index (χ2n) is 9.41. The van der Waals surface area contributed by atoms with Gasteiger partial charge in [-0.05, 0) is 30.7 Å². The fourth-order valence-corrected chi connectivity index (χ4v) is 3.66. The molecule has 0 radical (unpaired) electrons. The molecule has 0 saturated carbocycles. The molecular weight excluding hydrogens is 408 g/mol. The molecule has 2 N–H and O–H groups in total. The zero-order chi connectivity index (χ0) is 24.1. The van der Waals surface area contributed by atoms with Crippen molar-refractivity contribution in [2.75, 3.05) is 0 Å². The van der Waals surface area contributed by atoms with Gasteiger partial charge in [-0.1, -0.05) is 57.2 Å². The number of benzene rings is 1. The van der Waals surface area contributed by atoms with Crippen LogP contribution in [-0.4, -0.2) is 35.7 Å². The molecule has 0 spiro atoms. The summed E-state index contributed by atoms with van der Waals surface area (Å²) >= 11 is 0. The van der Waals surface area contributed by atoms with Gasteiger partial charge in [-0.2, -0.15) is 0 Å². The first-order valence-electron chi connectivity index (χ1n) is 11.1. The molecule has 1 heterocycles. The highest BCUT2D eigenvalue weighted by atomic mass is 16.8. The average molecular weight is 445 g/mol. The van der Waals surface area contributed by atoms with E-state index in [1.165, 1.54) is 0 Å². The van der Waals surface area contributed by atoms with E-state index in [1.807, 2.05) is 58.0 Å². The Morgan fingerprint density at radius 3 is 2.31 bits per heavy atom. The van der Waals surface area contributed by atoms with E-state index in [0.29, 0.717) is 6.42 Å². The number of allylic oxidation sites excluding steroid dienone is 1. The minimum Gasteiger partial charge on any atom is -0.432 e. The molecule has 1 aliphatic rings. The topological polar surface area (TPSA) is 93.7 Å². The van der Waals surface area contributed by atoms with Crippen molar-refractivity contribution in [3.63, 3.8) is 0 Å². The van der Waals surface area contributed by atoms with Gasteiger partial charge < -0.3 is 20.1 Å². The van der Waals surface area contributed by atoms with Crippen LogP contribution >= 0.6 is 0 Å². The Labute approximate surface area is 190 Å². The monoisotopic (exact) mass is 444 g/mol. The Bertz CT molecular complexity index is 834. The minimum atomic E-state index is -1.11. The molecule has 2 rings (SSSR count). The van der Waals surface area contributed by atoms with Gasteiger partial charge in [0.05, 0.1) is 12.0 Å². The van der Waals surface area contributed by atoms with Crippen molar-refractivity contribution in [2.24, 2.45) is 11.3 Å². The highest BCUT2D eigenvalue weighted by molar-refractivity contribution is 5.92. The lowest BCUT2D eigenvalue weighted by atomic mass is 9.80. The van der Waals surface area contributed by atoms with Crippen LogP contribution in [0.3, 0.4) is 0 Å². The van der Waals surface area contributed by atoms with E-state index in [0.717, 1.165) is 5.56 Å². The Balaban J connectivity index is 2.22. The molecule has 1 saturated heterocycles. The largest absolute Gasteiger partial charge is 0.432 e. The van der Waals surface area contributed by atoms with E-state index in [2.05, 4.69) is 17.2 Å². The first-order chi connectivity index (χ1) is 14.9. The molecule has 0 unspecified atom stereocenters. The van der Waals surface area contributed by atoms with Crippen LogP contribution in [0.5, 0.6) is 0 Å². The van der Waals surface area contributed by atoms with Gasteiger partial charge in [0.15, 0.2) is 6.10 Å². The van der Waals surface area contributed by atoms with Crippen molar-refractivity contribution >= 4 is 17.8 Å². The van der Waals surface area contributed by atoms with E-state index < -0.39 is 41.1 Å². The summed E-state index contributed by atoms with van der Waals surface area (Å²) in [7, 11) is 0. The predicted octanol–water partition coefficient (Wildman–Crippen LogP) is 3.66. The van der Waals surface area contributed by atoms with E-state index in [4.69, 9.17) is 9.47 Å². The number of ether oxygens (including phenoxy) is 2. The predicted molar refractivity (Wildman–Crippen MR) is 122 cm³/mol. The first kappa shape index (κ1) is 25.6. The van der Waals surface area contributed by atoms with Gasteiger partial charge in [0.2, 0.25) is 17.6 Å². The number of nitrogens with one attached hydrogen (secondary N) is 2. The summed E-state index contributed by atoms with van der Waals surface area (Å²) in [5.74, 6) is -3.28. The van der Waals surface area contributed by atoms with E-state index >= 15 is 0 Å². The van der Waals surface area contributed by atoms with Gasteiger partial charge in [0.25, 0.3) is 0 Å². The van der Waals surface area contributed by atoms with Crippen molar-refractivity contribution < 1.29 is 23.9 Å². The van der Waals surface area contributed by atoms with Crippen LogP contribution < -0.4 is 10.6 Å². The molecule has 1 fully saturated rings. The summed E-state index contributed by atoms with van der Waals surface area (Å²) in [6.45, 7) is 14.7. The van der Waals surface area contributed by atoms with Crippen molar-refractivity contribution in [2.45, 2.75) is 78.4 Å². The fraction of sp³-hybridized carbons (Fsp3) is 0.560. The van der Waals surface area contributed by atoms with E-state index in [9.17, 15) is 14.4 Å². The summed E-state index contributed by atoms with van der Waals surface area (Å²) in [6.07, 6.45) is 1.37. The highest BCUT2D eigenvalue weighted by Crippen LogP contribution is 2.31. The lowest BCUT2D eigenvalue weighted by Crippen LogP contribution is -2.57. The summed E-state index contributed by atoms with van der Waals surface area (Å²) in [5, 5.41) is 5.90. The normalized spacial score (nSPS) is 20.6. The second kappa shape index (κ2) is 10.3. The van der Waals surface area contributed by atoms with Gasteiger partial charge in [-0.25, -0.2) is 4.79 Å². The third-order valence-electron chi connectivity index (χ3n) is 6.01. The number of amides is 2. The maximum atomic E-state index is 13.3. The van der Waals surface area contributed by atoms with Crippen molar-refractivity contribution in [1.82, 2.24) is 10.6 Å². The maximum Gasteiger partial charge on any atom is 0.338 e. The van der Waals surface area contributed by atoms with Gasteiger partial charge in [0.1, 0.15) is 6.04 Å². The summed E-state index contributed by atoms with van der Waals surface area (Å²) in [6, 6.07) is 8.59. The summed E-state index contributed by atoms with van der Waals surface area (Å²) in [5.41, 5.74) is 0.444. The molecule has 1 aromatic carbocycles. The quantitative estimate of drug-likeness (QED) is 0.424. The Hall–Kier alpha value is -2.67. The van der Waals surface area contributed by atoms with Gasteiger partial charge in [-0.15, -0.1) is 6.58 Å². The van der Waals surface area contributed by atoms with Gasteiger partial charge in [0, 0.05) is 13.8 Å². The molecule has 176 valence electrons. The van der Waals surface area contributed by atoms with E-state index in [1.54, 1.807) is 19.9 Å². The summed E-state index contributed by atoms with van der Waals surface area (Å²) in [4.78, 5) is 38.9. The lowest BCUT2D eigenvalue weighted by Gasteiger charge is -2.35. The van der Waals surface area contributed by atoms with Crippen molar-refractivity contribution in [3.8, 4) is 0 Å². The van der Waals surface area contributed by atoms with Gasteiger partial charge >= 0.3 is 5.97 Å². The van der Waals surface area contributed by atoms with Crippen LogP contribution in [0.2, 0.25) is 0 Å². The molecule has 7 nitrogen and oxygen atoms in total.